The van der Waals surface area contributed by atoms with Gasteiger partial charge < -0.3 is 25.2 Å². The molecule has 1 aromatic heterocycles. The standard InChI is InChI=1S/C24H33N3O4S/c1-23-11-17(16-7-5-4-6-8-16)12-24(31-23,10-9-19(21(23)29)27(2)3)20(28)13-25-22(30)18-14-32-15-26-18/h4-8,14-15,17,19-21,28-29H,9-13H2,1-3H3,(H,25,30)/t17-,19-,20?,21+,23+,24+/m1/s1. The molecule has 2 aromatic rings. The number of fused-ring (bicyclic) bond motifs is 2. The van der Waals surface area contributed by atoms with E-state index >= 15 is 0 Å². The van der Waals surface area contributed by atoms with E-state index in [1.807, 2.05) is 44.1 Å². The van der Waals surface area contributed by atoms with E-state index in [0.29, 0.717) is 31.4 Å². The molecule has 2 aliphatic heterocycles. The van der Waals surface area contributed by atoms with Gasteiger partial charge in [-0.25, -0.2) is 4.98 Å². The second-order valence-electron chi connectivity index (χ2n) is 9.61. The quantitative estimate of drug-likeness (QED) is 0.614. The first-order chi connectivity index (χ1) is 15.2. The summed E-state index contributed by atoms with van der Waals surface area (Å²) in [5.41, 5.74) is 1.46. The maximum atomic E-state index is 12.4. The third-order valence-corrected chi connectivity index (χ3v) is 7.78. The molecule has 1 unspecified atom stereocenters. The fraction of sp³-hybridized carbons (Fsp3) is 0.583. The van der Waals surface area contributed by atoms with Gasteiger partial charge in [-0.2, -0.15) is 0 Å². The van der Waals surface area contributed by atoms with Crippen molar-refractivity contribution in [3.8, 4) is 0 Å². The molecule has 2 bridgehead atoms. The summed E-state index contributed by atoms with van der Waals surface area (Å²) in [6.45, 7) is 2.03. The monoisotopic (exact) mass is 459 g/mol. The van der Waals surface area contributed by atoms with Crippen LogP contribution in [0.25, 0.3) is 0 Å². The van der Waals surface area contributed by atoms with E-state index in [0.717, 1.165) is 0 Å². The van der Waals surface area contributed by atoms with Gasteiger partial charge in [0.1, 0.15) is 11.8 Å². The molecule has 8 heteroatoms. The highest BCUT2D eigenvalue weighted by Gasteiger charge is 2.57. The number of nitrogens with one attached hydrogen (secondary N) is 1. The summed E-state index contributed by atoms with van der Waals surface area (Å²) in [6.07, 6.45) is 0.990. The van der Waals surface area contributed by atoms with Crippen LogP contribution in [-0.2, 0) is 4.74 Å². The molecule has 3 heterocycles. The van der Waals surface area contributed by atoms with Crippen LogP contribution in [-0.4, -0.2) is 76.1 Å². The average Bonchev–Trinajstić information content (AvgIpc) is 3.30. The average molecular weight is 460 g/mol. The molecule has 4 rings (SSSR count). The van der Waals surface area contributed by atoms with Gasteiger partial charge in [0.2, 0.25) is 0 Å². The number of ether oxygens (including phenoxy) is 1. The Balaban J connectivity index is 1.63. The number of rotatable bonds is 6. The molecule has 0 saturated carbocycles. The summed E-state index contributed by atoms with van der Waals surface area (Å²) >= 11 is 1.36. The fourth-order valence-corrected chi connectivity index (χ4v) is 6.01. The van der Waals surface area contributed by atoms with Crippen LogP contribution in [0.15, 0.2) is 41.2 Å². The zero-order chi connectivity index (χ0) is 22.9. The summed E-state index contributed by atoms with van der Waals surface area (Å²) in [7, 11) is 3.94. The molecule has 174 valence electrons. The Hall–Kier alpha value is -1.84. The van der Waals surface area contributed by atoms with Crippen molar-refractivity contribution < 1.29 is 19.7 Å². The molecule has 6 atom stereocenters. The number of aliphatic hydroxyl groups excluding tert-OH is 2. The van der Waals surface area contributed by atoms with Crippen LogP contribution in [0.4, 0.5) is 0 Å². The number of carbonyl (C=O) groups is 1. The molecular weight excluding hydrogens is 426 g/mol. The van der Waals surface area contributed by atoms with Crippen LogP contribution in [0.5, 0.6) is 0 Å². The second kappa shape index (κ2) is 9.19. The summed E-state index contributed by atoms with van der Waals surface area (Å²) in [6, 6.07) is 10.2. The number of hydrogen-bond donors (Lipinski definition) is 3. The molecule has 0 aliphatic carbocycles. The Morgan fingerprint density at radius 1 is 1.34 bits per heavy atom. The summed E-state index contributed by atoms with van der Waals surface area (Å²) in [5, 5.41) is 27.3. The lowest BCUT2D eigenvalue weighted by atomic mass is 9.72. The van der Waals surface area contributed by atoms with Gasteiger partial charge in [0.05, 0.1) is 22.8 Å². The highest BCUT2D eigenvalue weighted by atomic mass is 32.1. The summed E-state index contributed by atoms with van der Waals surface area (Å²) in [5.74, 6) is -0.172. The van der Waals surface area contributed by atoms with Crippen molar-refractivity contribution in [3.63, 3.8) is 0 Å². The Kier molecular flexibility index (Phi) is 6.70. The predicted molar refractivity (Wildman–Crippen MR) is 124 cm³/mol. The van der Waals surface area contributed by atoms with E-state index in [2.05, 4.69) is 22.4 Å². The Morgan fingerprint density at radius 2 is 2.09 bits per heavy atom. The van der Waals surface area contributed by atoms with Gasteiger partial charge in [-0.1, -0.05) is 30.3 Å². The van der Waals surface area contributed by atoms with Crippen molar-refractivity contribution in [2.45, 2.75) is 68.0 Å². The van der Waals surface area contributed by atoms with Gasteiger partial charge in [-0.15, -0.1) is 11.3 Å². The van der Waals surface area contributed by atoms with E-state index in [9.17, 15) is 15.0 Å². The minimum atomic E-state index is -0.913. The van der Waals surface area contributed by atoms with Gasteiger partial charge in [0, 0.05) is 18.0 Å². The Labute approximate surface area is 193 Å². The molecule has 1 aromatic carbocycles. The zero-order valence-electron chi connectivity index (χ0n) is 18.9. The van der Waals surface area contributed by atoms with Gasteiger partial charge in [0.15, 0.2) is 0 Å². The molecule has 2 aliphatic rings. The molecule has 2 fully saturated rings. The highest BCUT2D eigenvalue weighted by molar-refractivity contribution is 7.07. The van der Waals surface area contributed by atoms with Gasteiger partial charge in [-0.3, -0.25) is 4.79 Å². The number of aliphatic hydroxyl groups is 2. The first-order valence-electron chi connectivity index (χ1n) is 11.2. The third-order valence-electron chi connectivity index (χ3n) is 7.20. The second-order valence-corrected chi connectivity index (χ2v) is 10.3. The van der Waals surface area contributed by atoms with Crippen LogP contribution in [0.2, 0.25) is 0 Å². The lowest BCUT2D eigenvalue weighted by Crippen LogP contribution is -2.61. The van der Waals surface area contributed by atoms with Crippen molar-refractivity contribution in [2.75, 3.05) is 20.6 Å². The molecule has 0 spiro atoms. The maximum absolute atomic E-state index is 12.4. The van der Waals surface area contributed by atoms with Gasteiger partial charge >= 0.3 is 0 Å². The van der Waals surface area contributed by atoms with Crippen molar-refractivity contribution in [3.05, 3.63) is 52.5 Å². The van der Waals surface area contributed by atoms with Gasteiger partial charge in [0.25, 0.3) is 5.91 Å². The zero-order valence-corrected chi connectivity index (χ0v) is 19.7. The van der Waals surface area contributed by atoms with Crippen molar-refractivity contribution in [2.24, 2.45) is 0 Å². The van der Waals surface area contributed by atoms with Crippen molar-refractivity contribution in [1.29, 1.82) is 0 Å². The lowest BCUT2D eigenvalue weighted by molar-refractivity contribution is -0.250. The predicted octanol–water partition coefficient (Wildman–Crippen LogP) is 2.41. The van der Waals surface area contributed by atoms with Crippen molar-refractivity contribution >= 4 is 17.2 Å². The first kappa shape index (κ1) is 23.3. The molecule has 7 nitrogen and oxygen atoms in total. The van der Waals surface area contributed by atoms with Crippen LogP contribution in [0.3, 0.4) is 0 Å². The SMILES string of the molecule is CN(C)[C@@H]1CC[C@@]2(C(O)CNC(=O)c3cscn3)C[C@H](c3ccccc3)C[C@](C)(O2)[C@H]1O. The van der Waals surface area contributed by atoms with E-state index in [1.54, 1.807) is 10.9 Å². The number of nitrogens with zero attached hydrogens (tertiary/aromatic N) is 2. The molecule has 0 radical (unpaired) electrons. The number of aromatic nitrogens is 1. The van der Waals surface area contributed by atoms with E-state index in [4.69, 9.17) is 4.74 Å². The topological polar surface area (TPSA) is 94.9 Å². The third kappa shape index (κ3) is 4.47. The number of carbonyl (C=O) groups excluding carboxylic acids is 1. The molecule has 2 saturated heterocycles. The van der Waals surface area contributed by atoms with Crippen LogP contribution < -0.4 is 5.32 Å². The number of amides is 1. The number of likely N-dealkylation sites (N-methyl/N-ethyl adjacent to an activating group) is 1. The molecular formula is C24H33N3O4S. The van der Waals surface area contributed by atoms with Crippen LogP contribution >= 0.6 is 11.3 Å². The summed E-state index contributed by atoms with van der Waals surface area (Å²) < 4.78 is 6.66. The smallest absolute Gasteiger partial charge is 0.270 e. The number of hydrogen-bond acceptors (Lipinski definition) is 7. The molecule has 3 N–H and O–H groups in total. The van der Waals surface area contributed by atoms with Crippen molar-refractivity contribution in [1.82, 2.24) is 15.2 Å². The van der Waals surface area contributed by atoms with Crippen LogP contribution in [0, 0.1) is 0 Å². The largest absolute Gasteiger partial charge is 0.388 e. The van der Waals surface area contributed by atoms with Gasteiger partial charge in [-0.05, 0) is 58.2 Å². The fourth-order valence-electron chi connectivity index (χ4n) is 5.48. The van der Waals surface area contributed by atoms with Crippen LogP contribution in [0.1, 0.15) is 54.6 Å². The number of benzene rings is 1. The summed E-state index contributed by atoms with van der Waals surface area (Å²) in [4.78, 5) is 18.5. The minimum Gasteiger partial charge on any atom is -0.388 e. The first-order valence-corrected chi connectivity index (χ1v) is 12.1. The maximum Gasteiger partial charge on any atom is 0.270 e. The Morgan fingerprint density at radius 3 is 2.75 bits per heavy atom. The molecule has 32 heavy (non-hydrogen) atoms. The molecule has 1 amide bonds. The number of thiazole rings is 1. The highest BCUT2D eigenvalue weighted by Crippen LogP contribution is 2.51. The normalized spacial score (nSPS) is 33.5. The van der Waals surface area contributed by atoms with E-state index in [-0.39, 0.29) is 24.4 Å². The Bertz CT molecular complexity index is 909. The van der Waals surface area contributed by atoms with E-state index < -0.39 is 23.4 Å². The lowest BCUT2D eigenvalue weighted by Gasteiger charge is -2.52. The van der Waals surface area contributed by atoms with E-state index in [1.165, 1.54) is 16.9 Å². The minimum absolute atomic E-state index is 0.0661.